The Morgan fingerprint density at radius 1 is 1.08 bits per heavy atom. The van der Waals surface area contributed by atoms with Gasteiger partial charge in [0.1, 0.15) is 18.1 Å². The number of ether oxygens (including phenoxy) is 3. The third kappa shape index (κ3) is 6.43. The van der Waals surface area contributed by atoms with Gasteiger partial charge in [-0.15, -0.1) is 0 Å². The number of carbonyl (C=O) groups is 3. The van der Waals surface area contributed by atoms with E-state index in [1.807, 2.05) is 6.92 Å². The summed E-state index contributed by atoms with van der Waals surface area (Å²) in [4.78, 5) is 38.2. The number of methoxy groups -OCH3 is 1. The summed E-state index contributed by atoms with van der Waals surface area (Å²) in [5, 5.41) is 3.42. The van der Waals surface area contributed by atoms with Crippen LogP contribution in [0.1, 0.15) is 34.4 Å². The second-order valence-corrected chi connectivity index (χ2v) is 10.4. The molecule has 1 aliphatic rings. The van der Waals surface area contributed by atoms with Gasteiger partial charge in [0.25, 0.3) is 5.91 Å². The van der Waals surface area contributed by atoms with E-state index in [9.17, 15) is 14.4 Å². The molecule has 0 aliphatic carbocycles. The van der Waals surface area contributed by atoms with Crippen molar-refractivity contribution in [2.24, 2.45) is 0 Å². The summed E-state index contributed by atoms with van der Waals surface area (Å²) < 4.78 is 22.9. The molecule has 13 heteroatoms. The molecule has 2 heterocycles. The molecule has 1 saturated heterocycles. The Morgan fingerprint density at radius 3 is 2.54 bits per heavy atom. The van der Waals surface area contributed by atoms with Crippen LogP contribution in [0.25, 0.3) is 6.08 Å². The van der Waals surface area contributed by atoms with Crippen molar-refractivity contribution in [1.82, 2.24) is 10.2 Å². The molecule has 204 valence electrons. The number of hydrogen-bond acceptors (Lipinski definition) is 7. The number of nitrogens with zero attached hydrogens (tertiary/aromatic N) is 1. The largest absolute Gasteiger partial charge is 0.490 e. The van der Waals surface area contributed by atoms with Crippen molar-refractivity contribution in [3.63, 3.8) is 0 Å². The van der Waals surface area contributed by atoms with Gasteiger partial charge in [-0.3, -0.25) is 9.69 Å². The summed E-state index contributed by atoms with van der Waals surface area (Å²) in [6, 6.07) is 9.15. The Hall–Kier alpha value is -2.99. The lowest BCUT2D eigenvalue weighted by Crippen LogP contribution is -2.30. The van der Waals surface area contributed by atoms with Crippen molar-refractivity contribution in [1.29, 1.82) is 0 Å². The van der Waals surface area contributed by atoms with E-state index in [0.29, 0.717) is 42.7 Å². The molecule has 0 unspecified atom stereocenters. The SMILES string of the molecule is CCOc1cc(/C=C2\NC(=O)N(Cc3ccc(C(=O)OC)o3)C2=O)c(Br)c(Br)c1OCc1ccc(Cl)c(Cl)c1. The fraction of sp³-hybridized carbons (Fsp3) is 0.192. The van der Waals surface area contributed by atoms with Gasteiger partial charge in [-0.05, 0) is 86.3 Å². The zero-order valence-electron chi connectivity index (χ0n) is 20.5. The van der Waals surface area contributed by atoms with E-state index in [0.717, 1.165) is 10.5 Å². The zero-order chi connectivity index (χ0) is 28.3. The highest BCUT2D eigenvalue weighted by Gasteiger charge is 2.35. The Bertz CT molecular complexity index is 1490. The summed E-state index contributed by atoms with van der Waals surface area (Å²) in [6.07, 6.45) is 1.52. The van der Waals surface area contributed by atoms with Crippen LogP contribution in [0.5, 0.6) is 11.5 Å². The number of hydrogen-bond donors (Lipinski definition) is 1. The maximum Gasteiger partial charge on any atom is 0.373 e. The first kappa shape index (κ1) is 29.0. The highest BCUT2D eigenvalue weighted by molar-refractivity contribution is 9.13. The molecule has 2 aromatic carbocycles. The van der Waals surface area contributed by atoms with Crippen LogP contribution in [0.2, 0.25) is 10.0 Å². The molecule has 0 radical (unpaired) electrons. The maximum atomic E-state index is 13.0. The van der Waals surface area contributed by atoms with Crippen molar-refractivity contribution in [3.8, 4) is 11.5 Å². The Kier molecular flexibility index (Phi) is 9.27. The van der Waals surface area contributed by atoms with Crippen LogP contribution in [0.3, 0.4) is 0 Å². The van der Waals surface area contributed by atoms with Crippen LogP contribution in [-0.2, 0) is 22.7 Å². The highest BCUT2D eigenvalue weighted by Crippen LogP contribution is 2.44. The molecule has 1 N–H and O–H groups in total. The van der Waals surface area contributed by atoms with Gasteiger partial charge in [-0.1, -0.05) is 29.3 Å². The fourth-order valence-electron chi connectivity index (χ4n) is 3.59. The number of amides is 3. The number of esters is 1. The number of rotatable bonds is 9. The monoisotopic (exact) mass is 700 g/mol. The molecule has 4 rings (SSSR count). The van der Waals surface area contributed by atoms with Crippen molar-refractivity contribution in [2.45, 2.75) is 20.1 Å². The predicted octanol–water partition coefficient (Wildman–Crippen LogP) is 6.97. The van der Waals surface area contributed by atoms with Crippen LogP contribution in [0.4, 0.5) is 4.79 Å². The Morgan fingerprint density at radius 2 is 1.85 bits per heavy atom. The molecule has 0 spiro atoms. The molecule has 9 nitrogen and oxygen atoms in total. The molecular formula is C26H20Br2Cl2N2O7. The zero-order valence-corrected chi connectivity index (χ0v) is 25.2. The molecule has 3 aromatic rings. The summed E-state index contributed by atoms with van der Waals surface area (Å²) in [5.41, 5.74) is 1.39. The van der Waals surface area contributed by atoms with Crippen LogP contribution >= 0.6 is 55.1 Å². The van der Waals surface area contributed by atoms with Gasteiger partial charge in [0.2, 0.25) is 5.76 Å². The number of urea groups is 1. The average molecular weight is 703 g/mol. The molecule has 0 bridgehead atoms. The van der Waals surface area contributed by atoms with Gasteiger partial charge in [-0.2, -0.15) is 0 Å². The minimum Gasteiger partial charge on any atom is -0.490 e. The van der Waals surface area contributed by atoms with E-state index in [4.69, 9.17) is 37.1 Å². The fourth-order valence-corrected chi connectivity index (χ4v) is 4.86. The van der Waals surface area contributed by atoms with E-state index in [1.165, 1.54) is 25.3 Å². The standard InChI is InChI=1S/C26H20Br2Cl2N2O7/c1-3-37-20-10-14(21(27)22(28)23(20)38-12-13-4-6-16(29)17(30)8-13)9-18-24(33)32(26(35)31-18)11-15-5-7-19(39-15)25(34)36-2/h4-10H,3,11-12H2,1-2H3,(H,31,35)/b18-9-. The van der Waals surface area contributed by atoms with E-state index < -0.39 is 17.9 Å². The average Bonchev–Trinajstić information content (AvgIpc) is 3.49. The highest BCUT2D eigenvalue weighted by atomic mass is 79.9. The first-order valence-corrected chi connectivity index (χ1v) is 13.7. The van der Waals surface area contributed by atoms with Gasteiger partial charge >= 0.3 is 12.0 Å². The first-order chi connectivity index (χ1) is 18.6. The smallest absolute Gasteiger partial charge is 0.373 e. The van der Waals surface area contributed by atoms with Gasteiger partial charge in [0, 0.05) is 4.47 Å². The van der Waals surface area contributed by atoms with Gasteiger partial charge in [-0.25, -0.2) is 9.59 Å². The number of benzene rings is 2. The van der Waals surface area contributed by atoms with Crippen LogP contribution in [-0.4, -0.2) is 36.5 Å². The number of imide groups is 1. The summed E-state index contributed by atoms with van der Waals surface area (Å²) in [7, 11) is 1.22. The van der Waals surface area contributed by atoms with Crippen LogP contribution in [0, 0.1) is 0 Å². The summed E-state index contributed by atoms with van der Waals surface area (Å²) in [6.45, 7) is 2.20. The van der Waals surface area contributed by atoms with E-state index in [1.54, 1.807) is 24.3 Å². The van der Waals surface area contributed by atoms with Crippen molar-refractivity contribution < 1.29 is 33.0 Å². The second-order valence-electron chi connectivity index (χ2n) is 8.03. The number of halogens is 4. The molecule has 1 fully saturated rings. The minimum atomic E-state index is -0.663. The number of nitrogens with one attached hydrogen (secondary N) is 1. The molecule has 3 amide bonds. The van der Waals surface area contributed by atoms with Gasteiger partial charge < -0.3 is 23.9 Å². The Labute approximate surface area is 250 Å². The second kappa shape index (κ2) is 12.5. The minimum absolute atomic E-state index is 0.0333. The Balaban J connectivity index is 1.57. The molecular weight excluding hydrogens is 683 g/mol. The number of carbonyl (C=O) groups excluding carboxylic acids is 3. The third-order valence-corrected chi connectivity index (χ3v) is 8.33. The lowest BCUT2D eigenvalue weighted by Gasteiger charge is -2.17. The maximum absolute atomic E-state index is 13.0. The topological polar surface area (TPSA) is 107 Å². The van der Waals surface area contributed by atoms with E-state index in [-0.39, 0.29) is 30.4 Å². The van der Waals surface area contributed by atoms with E-state index in [2.05, 4.69) is 41.9 Å². The molecule has 1 aromatic heterocycles. The lowest BCUT2D eigenvalue weighted by molar-refractivity contribution is -0.123. The third-order valence-electron chi connectivity index (χ3n) is 5.45. The van der Waals surface area contributed by atoms with Crippen LogP contribution in [0.15, 0.2) is 55.5 Å². The van der Waals surface area contributed by atoms with Crippen molar-refractivity contribution in [3.05, 3.63) is 83.7 Å². The predicted molar refractivity (Wildman–Crippen MR) is 151 cm³/mol. The van der Waals surface area contributed by atoms with Crippen molar-refractivity contribution >= 4 is 79.0 Å². The summed E-state index contributed by atoms with van der Waals surface area (Å²) >= 11 is 19.2. The lowest BCUT2D eigenvalue weighted by atomic mass is 10.1. The van der Waals surface area contributed by atoms with Crippen LogP contribution < -0.4 is 14.8 Å². The number of furan rings is 1. The van der Waals surface area contributed by atoms with Crippen molar-refractivity contribution in [2.75, 3.05) is 13.7 Å². The molecule has 0 atom stereocenters. The van der Waals surface area contributed by atoms with E-state index >= 15 is 0 Å². The summed E-state index contributed by atoms with van der Waals surface area (Å²) in [5.74, 6) is -0.181. The molecule has 1 aliphatic heterocycles. The normalized spacial score (nSPS) is 14.1. The first-order valence-electron chi connectivity index (χ1n) is 11.4. The van der Waals surface area contributed by atoms with Gasteiger partial charge in [0.05, 0.1) is 34.8 Å². The molecule has 39 heavy (non-hydrogen) atoms. The molecule has 0 saturated carbocycles. The quantitative estimate of drug-likeness (QED) is 0.146. The van der Waals surface area contributed by atoms with Gasteiger partial charge in [0.15, 0.2) is 11.5 Å².